The van der Waals surface area contributed by atoms with Gasteiger partial charge in [-0.2, -0.15) is 9.78 Å². The monoisotopic (exact) mass is 480 g/mol. The van der Waals surface area contributed by atoms with Gasteiger partial charge in [-0.05, 0) is 54.8 Å². The zero-order valence-electron chi connectivity index (χ0n) is 19.5. The number of anilines is 1. The van der Waals surface area contributed by atoms with Crippen LogP contribution in [-0.2, 0) is 11.4 Å². The summed E-state index contributed by atoms with van der Waals surface area (Å²) in [5.41, 5.74) is 6.23. The van der Waals surface area contributed by atoms with Crippen LogP contribution in [0, 0.1) is 13.8 Å². The first-order valence-corrected chi connectivity index (χ1v) is 12.4. The minimum atomic E-state index is -0.108. The number of amides is 1. The molecule has 0 spiro atoms. The Morgan fingerprint density at radius 1 is 1.06 bits per heavy atom. The molecule has 1 aliphatic rings. The standard InChI is InChI=1S/C28H24N4O2S/c1-17-8-3-4-9-20(17)16-34-21-11-7-10-19(14-21)22-15-25(33)30-27-26(22)18(2)31-32(27)28-29-23-12-5-6-13-24(23)35-28/h3-14,22H,15-16H2,1-2H3,(H,30,33). The molecule has 0 bridgehead atoms. The third-order valence-corrected chi connectivity index (χ3v) is 7.49. The smallest absolute Gasteiger partial charge is 0.226 e. The Bertz CT molecular complexity index is 1540. The number of carbonyl (C=O) groups excluding carboxylic acids is 1. The number of benzene rings is 3. The van der Waals surface area contributed by atoms with Gasteiger partial charge in [0.25, 0.3) is 0 Å². The average molecular weight is 481 g/mol. The molecule has 0 aliphatic carbocycles. The van der Waals surface area contributed by atoms with Crippen molar-refractivity contribution in [3.05, 3.63) is 101 Å². The van der Waals surface area contributed by atoms with Gasteiger partial charge in [-0.1, -0.05) is 59.9 Å². The number of hydrogen-bond acceptors (Lipinski definition) is 5. The van der Waals surface area contributed by atoms with Crippen molar-refractivity contribution in [1.29, 1.82) is 0 Å². The Labute approximate surface area is 207 Å². The molecule has 0 saturated carbocycles. The molecule has 1 unspecified atom stereocenters. The number of nitrogens with one attached hydrogen (secondary N) is 1. The van der Waals surface area contributed by atoms with E-state index in [1.165, 1.54) is 5.56 Å². The van der Waals surface area contributed by atoms with E-state index in [1.807, 2.05) is 61.5 Å². The first-order chi connectivity index (χ1) is 17.1. The lowest BCUT2D eigenvalue weighted by Gasteiger charge is -2.24. The number of ether oxygens (including phenoxy) is 1. The van der Waals surface area contributed by atoms with Crippen LogP contribution >= 0.6 is 11.3 Å². The van der Waals surface area contributed by atoms with E-state index in [1.54, 1.807) is 16.0 Å². The number of aryl methyl sites for hydroxylation is 2. The second-order valence-electron chi connectivity index (χ2n) is 8.82. The largest absolute Gasteiger partial charge is 0.489 e. The van der Waals surface area contributed by atoms with Crippen LogP contribution in [0.3, 0.4) is 0 Å². The molecule has 6 nitrogen and oxygen atoms in total. The van der Waals surface area contributed by atoms with Gasteiger partial charge >= 0.3 is 0 Å². The number of rotatable bonds is 5. The van der Waals surface area contributed by atoms with Gasteiger partial charge in [0.15, 0.2) is 0 Å². The number of thiazole rings is 1. The van der Waals surface area contributed by atoms with Crippen molar-refractivity contribution in [3.8, 4) is 10.9 Å². The van der Waals surface area contributed by atoms with Crippen LogP contribution in [0.1, 0.15) is 40.3 Å². The highest BCUT2D eigenvalue weighted by molar-refractivity contribution is 7.20. The maximum absolute atomic E-state index is 12.8. The molecule has 1 atom stereocenters. The quantitative estimate of drug-likeness (QED) is 0.327. The lowest BCUT2D eigenvalue weighted by atomic mass is 9.86. The first-order valence-electron chi connectivity index (χ1n) is 11.6. The predicted octanol–water partition coefficient (Wildman–Crippen LogP) is 6.15. The third kappa shape index (κ3) is 3.98. The van der Waals surface area contributed by atoms with Gasteiger partial charge < -0.3 is 10.1 Å². The molecule has 1 aliphatic heterocycles. The summed E-state index contributed by atoms with van der Waals surface area (Å²) < 4.78 is 8.99. The molecule has 0 saturated heterocycles. The molecular formula is C28H24N4O2S. The third-order valence-electron chi connectivity index (χ3n) is 6.48. The summed E-state index contributed by atoms with van der Waals surface area (Å²) in [7, 11) is 0. The molecule has 1 amide bonds. The Hall–Kier alpha value is -3.97. The molecule has 7 heteroatoms. The molecule has 174 valence electrons. The number of aromatic nitrogens is 3. The zero-order chi connectivity index (χ0) is 23.9. The lowest BCUT2D eigenvalue weighted by molar-refractivity contribution is -0.116. The number of hydrogen-bond donors (Lipinski definition) is 1. The molecular weight excluding hydrogens is 456 g/mol. The number of carbonyl (C=O) groups is 1. The molecule has 6 rings (SSSR count). The van der Waals surface area contributed by atoms with Crippen molar-refractivity contribution >= 4 is 33.3 Å². The van der Waals surface area contributed by atoms with Gasteiger partial charge in [-0.3, -0.25) is 4.79 Å². The lowest BCUT2D eigenvalue weighted by Crippen LogP contribution is -2.25. The Balaban J connectivity index is 1.35. The first kappa shape index (κ1) is 21.6. The number of nitrogens with zero attached hydrogens (tertiary/aromatic N) is 3. The van der Waals surface area contributed by atoms with Crippen LogP contribution in [0.15, 0.2) is 72.8 Å². The summed E-state index contributed by atoms with van der Waals surface area (Å²) >= 11 is 1.56. The molecule has 3 heterocycles. The van der Waals surface area contributed by atoms with E-state index < -0.39 is 0 Å². The second-order valence-corrected chi connectivity index (χ2v) is 9.83. The van der Waals surface area contributed by atoms with Crippen LogP contribution in [0.2, 0.25) is 0 Å². The highest BCUT2D eigenvalue weighted by atomic mass is 32.1. The number of para-hydroxylation sites is 1. The van der Waals surface area contributed by atoms with E-state index in [4.69, 9.17) is 14.8 Å². The molecule has 1 N–H and O–H groups in total. The van der Waals surface area contributed by atoms with E-state index in [-0.39, 0.29) is 11.8 Å². The predicted molar refractivity (Wildman–Crippen MR) is 139 cm³/mol. The van der Waals surface area contributed by atoms with E-state index in [0.717, 1.165) is 43.5 Å². The van der Waals surface area contributed by atoms with Crippen LogP contribution in [0.25, 0.3) is 15.3 Å². The van der Waals surface area contributed by atoms with E-state index in [0.29, 0.717) is 18.8 Å². The minimum absolute atomic E-state index is 0.0315. The maximum atomic E-state index is 12.8. The van der Waals surface area contributed by atoms with Gasteiger partial charge in [-0.15, -0.1) is 0 Å². The van der Waals surface area contributed by atoms with Crippen molar-refractivity contribution in [1.82, 2.24) is 14.8 Å². The Morgan fingerprint density at radius 3 is 2.74 bits per heavy atom. The van der Waals surface area contributed by atoms with E-state index in [9.17, 15) is 4.79 Å². The summed E-state index contributed by atoms with van der Waals surface area (Å²) in [5, 5.41) is 8.59. The summed E-state index contributed by atoms with van der Waals surface area (Å²) in [6, 6.07) is 24.3. The fraction of sp³-hybridized carbons (Fsp3) is 0.179. The molecule has 0 fully saturated rings. The van der Waals surface area contributed by atoms with Crippen molar-refractivity contribution in [2.24, 2.45) is 0 Å². The maximum Gasteiger partial charge on any atom is 0.226 e. The Morgan fingerprint density at radius 2 is 1.89 bits per heavy atom. The summed E-state index contributed by atoms with van der Waals surface area (Å²) in [6.45, 7) is 4.58. The van der Waals surface area contributed by atoms with Crippen LogP contribution in [-0.4, -0.2) is 20.7 Å². The fourth-order valence-corrected chi connectivity index (χ4v) is 5.60. The molecule has 5 aromatic rings. The SMILES string of the molecule is Cc1ccccc1COc1cccc(C2CC(=O)Nc3c2c(C)nn3-c2nc3ccccc3s2)c1. The normalized spacial score (nSPS) is 15.1. The van der Waals surface area contributed by atoms with Crippen molar-refractivity contribution in [3.63, 3.8) is 0 Å². The van der Waals surface area contributed by atoms with Crippen molar-refractivity contribution in [2.45, 2.75) is 32.8 Å². The fourth-order valence-electron chi connectivity index (χ4n) is 4.68. The van der Waals surface area contributed by atoms with Crippen LogP contribution in [0.4, 0.5) is 5.82 Å². The summed E-state index contributed by atoms with van der Waals surface area (Å²) in [5.74, 6) is 1.35. The zero-order valence-corrected chi connectivity index (χ0v) is 20.3. The molecule has 3 aromatic carbocycles. The minimum Gasteiger partial charge on any atom is -0.489 e. The van der Waals surface area contributed by atoms with Gasteiger partial charge in [0, 0.05) is 17.9 Å². The van der Waals surface area contributed by atoms with Gasteiger partial charge in [0.1, 0.15) is 18.2 Å². The molecule has 2 aromatic heterocycles. The van der Waals surface area contributed by atoms with E-state index in [2.05, 4.69) is 30.4 Å². The molecule has 0 radical (unpaired) electrons. The average Bonchev–Trinajstić information content (AvgIpc) is 3.44. The second kappa shape index (κ2) is 8.67. The van der Waals surface area contributed by atoms with Crippen molar-refractivity contribution < 1.29 is 9.53 Å². The van der Waals surface area contributed by atoms with E-state index >= 15 is 0 Å². The number of fused-ring (bicyclic) bond motifs is 2. The van der Waals surface area contributed by atoms with Gasteiger partial charge in [0.2, 0.25) is 11.0 Å². The molecule has 35 heavy (non-hydrogen) atoms. The van der Waals surface area contributed by atoms with Crippen LogP contribution < -0.4 is 10.1 Å². The highest BCUT2D eigenvalue weighted by Crippen LogP contribution is 2.41. The van der Waals surface area contributed by atoms with Gasteiger partial charge in [-0.25, -0.2) is 4.98 Å². The summed E-state index contributed by atoms with van der Waals surface area (Å²) in [6.07, 6.45) is 0.362. The van der Waals surface area contributed by atoms with Crippen LogP contribution in [0.5, 0.6) is 5.75 Å². The Kier molecular flexibility index (Phi) is 5.34. The van der Waals surface area contributed by atoms with Crippen molar-refractivity contribution in [2.75, 3.05) is 5.32 Å². The van der Waals surface area contributed by atoms with Gasteiger partial charge in [0.05, 0.1) is 15.9 Å². The summed E-state index contributed by atoms with van der Waals surface area (Å²) in [4.78, 5) is 17.6. The highest BCUT2D eigenvalue weighted by Gasteiger charge is 2.33. The topological polar surface area (TPSA) is 69.0 Å².